The zero-order chi connectivity index (χ0) is 12.2. The largest absolute Gasteiger partial charge is 0.381 e. The first-order valence-electron chi connectivity index (χ1n) is 5.71. The second kappa shape index (κ2) is 5.95. The summed E-state index contributed by atoms with van der Waals surface area (Å²) in [6.07, 6.45) is 3.19. The van der Waals surface area contributed by atoms with E-state index in [9.17, 15) is 8.42 Å². The summed E-state index contributed by atoms with van der Waals surface area (Å²) >= 11 is 0. The molecule has 0 heterocycles. The molecule has 3 N–H and O–H groups in total. The van der Waals surface area contributed by atoms with Gasteiger partial charge < -0.3 is 10.5 Å². The second-order valence-electron chi connectivity index (χ2n) is 4.56. The SMILES string of the molecule is COC(C)CS(=O)(=O)NC1CCC(N)CC1. The first-order chi connectivity index (χ1) is 7.43. The Morgan fingerprint density at radius 3 is 2.44 bits per heavy atom. The molecule has 1 unspecified atom stereocenters. The van der Waals surface area contributed by atoms with Gasteiger partial charge in [0.2, 0.25) is 10.0 Å². The van der Waals surface area contributed by atoms with E-state index in [0.29, 0.717) is 0 Å². The van der Waals surface area contributed by atoms with E-state index < -0.39 is 10.0 Å². The lowest BCUT2D eigenvalue weighted by molar-refractivity contribution is 0.136. The molecule has 5 nitrogen and oxygen atoms in total. The molecule has 0 aliphatic heterocycles. The first-order valence-corrected chi connectivity index (χ1v) is 7.36. The highest BCUT2D eigenvalue weighted by molar-refractivity contribution is 7.89. The lowest BCUT2D eigenvalue weighted by atomic mass is 9.93. The predicted molar refractivity (Wildman–Crippen MR) is 63.6 cm³/mol. The Labute approximate surface area is 97.8 Å². The van der Waals surface area contributed by atoms with Crippen LogP contribution in [-0.4, -0.2) is 39.5 Å². The lowest BCUT2D eigenvalue weighted by Gasteiger charge is -2.27. The Balaban J connectivity index is 2.40. The van der Waals surface area contributed by atoms with Crippen molar-refractivity contribution in [1.29, 1.82) is 0 Å². The topological polar surface area (TPSA) is 81.4 Å². The molecule has 0 amide bonds. The molecule has 0 radical (unpaired) electrons. The summed E-state index contributed by atoms with van der Waals surface area (Å²) in [5.74, 6) is 0.0199. The maximum atomic E-state index is 11.7. The van der Waals surface area contributed by atoms with Crippen molar-refractivity contribution in [3.8, 4) is 0 Å². The molecule has 0 spiro atoms. The van der Waals surface area contributed by atoms with Crippen LogP contribution in [0, 0.1) is 0 Å². The third-order valence-corrected chi connectivity index (χ3v) is 4.58. The predicted octanol–water partition coefficient (Wildman–Crippen LogP) is 0.211. The molecule has 16 heavy (non-hydrogen) atoms. The van der Waals surface area contributed by atoms with Crippen molar-refractivity contribution in [2.75, 3.05) is 12.9 Å². The Morgan fingerprint density at radius 2 is 1.94 bits per heavy atom. The molecular weight excluding hydrogens is 228 g/mol. The molecular formula is C10H22N2O3S. The number of hydrogen-bond donors (Lipinski definition) is 2. The molecule has 1 atom stereocenters. The van der Waals surface area contributed by atoms with E-state index in [0.717, 1.165) is 25.7 Å². The van der Waals surface area contributed by atoms with Gasteiger partial charge in [0.25, 0.3) is 0 Å². The van der Waals surface area contributed by atoms with Crippen LogP contribution in [0.5, 0.6) is 0 Å². The average molecular weight is 250 g/mol. The normalized spacial score (nSPS) is 28.9. The minimum absolute atomic E-state index is 0.0199. The number of rotatable bonds is 5. The summed E-state index contributed by atoms with van der Waals surface area (Å²) in [5.41, 5.74) is 5.77. The van der Waals surface area contributed by atoms with Crippen LogP contribution in [0.3, 0.4) is 0 Å². The molecule has 1 aliphatic rings. The Bertz CT molecular complexity index is 297. The van der Waals surface area contributed by atoms with Gasteiger partial charge in [0.05, 0.1) is 11.9 Å². The fourth-order valence-electron chi connectivity index (χ4n) is 1.92. The molecule has 0 aromatic rings. The molecule has 1 aliphatic carbocycles. The van der Waals surface area contributed by atoms with Gasteiger partial charge in [-0.25, -0.2) is 13.1 Å². The molecule has 1 saturated carbocycles. The van der Waals surface area contributed by atoms with E-state index in [1.54, 1.807) is 6.92 Å². The van der Waals surface area contributed by atoms with Crippen LogP contribution < -0.4 is 10.5 Å². The summed E-state index contributed by atoms with van der Waals surface area (Å²) in [5, 5.41) is 0. The maximum absolute atomic E-state index is 11.7. The van der Waals surface area contributed by atoms with Crippen LogP contribution >= 0.6 is 0 Å². The number of nitrogens with two attached hydrogens (primary N) is 1. The summed E-state index contributed by atoms with van der Waals surface area (Å²) in [6.45, 7) is 1.75. The number of sulfonamides is 1. The van der Waals surface area contributed by atoms with Gasteiger partial charge in [-0.05, 0) is 32.6 Å². The summed E-state index contributed by atoms with van der Waals surface area (Å²) in [4.78, 5) is 0. The quantitative estimate of drug-likeness (QED) is 0.731. The van der Waals surface area contributed by atoms with Gasteiger partial charge in [0.1, 0.15) is 0 Å². The zero-order valence-corrected chi connectivity index (χ0v) is 10.8. The van der Waals surface area contributed by atoms with Crippen molar-refractivity contribution in [2.24, 2.45) is 5.73 Å². The maximum Gasteiger partial charge on any atom is 0.214 e. The average Bonchev–Trinajstić information content (AvgIpc) is 2.20. The molecule has 0 aromatic carbocycles. The fraction of sp³-hybridized carbons (Fsp3) is 1.00. The van der Waals surface area contributed by atoms with E-state index in [2.05, 4.69) is 4.72 Å². The summed E-state index contributed by atoms with van der Waals surface area (Å²) in [6, 6.07) is 0.285. The fourth-order valence-corrected chi connectivity index (χ4v) is 3.51. The lowest BCUT2D eigenvalue weighted by Crippen LogP contribution is -2.42. The third kappa shape index (κ3) is 4.78. The van der Waals surface area contributed by atoms with Crippen LogP contribution in [0.15, 0.2) is 0 Å². The smallest absolute Gasteiger partial charge is 0.214 e. The molecule has 0 saturated heterocycles. The van der Waals surface area contributed by atoms with Gasteiger partial charge in [0, 0.05) is 19.2 Å². The van der Waals surface area contributed by atoms with E-state index >= 15 is 0 Å². The Kier molecular flexibility index (Phi) is 5.17. The number of nitrogens with one attached hydrogen (secondary N) is 1. The summed E-state index contributed by atoms with van der Waals surface area (Å²) in [7, 11) is -1.71. The van der Waals surface area contributed by atoms with Crippen LogP contribution in [-0.2, 0) is 14.8 Å². The molecule has 96 valence electrons. The number of hydrogen-bond acceptors (Lipinski definition) is 4. The van der Waals surface area contributed by atoms with Crippen molar-refractivity contribution in [3.63, 3.8) is 0 Å². The van der Waals surface area contributed by atoms with E-state index in [-0.39, 0.29) is 23.9 Å². The minimum Gasteiger partial charge on any atom is -0.381 e. The van der Waals surface area contributed by atoms with Crippen molar-refractivity contribution in [3.05, 3.63) is 0 Å². The van der Waals surface area contributed by atoms with Crippen LogP contribution in [0.4, 0.5) is 0 Å². The van der Waals surface area contributed by atoms with Crippen molar-refractivity contribution in [1.82, 2.24) is 4.72 Å². The molecule has 1 rings (SSSR count). The highest BCUT2D eigenvalue weighted by Crippen LogP contribution is 2.17. The molecule has 1 fully saturated rings. The second-order valence-corrected chi connectivity index (χ2v) is 6.36. The highest BCUT2D eigenvalue weighted by Gasteiger charge is 2.24. The Morgan fingerprint density at radius 1 is 1.38 bits per heavy atom. The van der Waals surface area contributed by atoms with Crippen LogP contribution in [0.1, 0.15) is 32.6 Å². The van der Waals surface area contributed by atoms with Gasteiger partial charge in [0.15, 0.2) is 0 Å². The van der Waals surface area contributed by atoms with E-state index in [1.807, 2.05) is 0 Å². The van der Waals surface area contributed by atoms with Gasteiger partial charge in [-0.3, -0.25) is 0 Å². The minimum atomic E-state index is -3.23. The van der Waals surface area contributed by atoms with E-state index in [4.69, 9.17) is 10.5 Å². The number of methoxy groups -OCH3 is 1. The third-order valence-electron chi connectivity index (χ3n) is 2.97. The first kappa shape index (κ1) is 13.9. The highest BCUT2D eigenvalue weighted by atomic mass is 32.2. The number of ether oxygens (including phenoxy) is 1. The molecule has 6 heteroatoms. The molecule has 0 aromatic heterocycles. The van der Waals surface area contributed by atoms with E-state index in [1.165, 1.54) is 7.11 Å². The Hall–Kier alpha value is -0.170. The van der Waals surface area contributed by atoms with Crippen LogP contribution in [0.25, 0.3) is 0 Å². The van der Waals surface area contributed by atoms with Gasteiger partial charge >= 0.3 is 0 Å². The van der Waals surface area contributed by atoms with Gasteiger partial charge in [-0.2, -0.15) is 0 Å². The molecule has 0 bridgehead atoms. The zero-order valence-electron chi connectivity index (χ0n) is 9.98. The standard InChI is InChI=1S/C10H22N2O3S/c1-8(15-2)7-16(13,14)12-10-5-3-9(11)4-6-10/h8-10,12H,3-7,11H2,1-2H3. The van der Waals surface area contributed by atoms with Crippen molar-refractivity contribution >= 4 is 10.0 Å². The summed E-state index contributed by atoms with van der Waals surface area (Å²) < 4.78 is 31.1. The van der Waals surface area contributed by atoms with Crippen molar-refractivity contribution < 1.29 is 13.2 Å². The van der Waals surface area contributed by atoms with Crippen molar-refractivity contribution in [2.45, 2.75) is 50.8 Å². The van der Waals surface area contributed by atoms with Gasteiger partial charge in [-0.15, -0.1) is 0 Å². The van der Waals surface area contributed by atoms with Gasteiger partial charge in [-0.1, -0.05) is 0 Å². The van der Waals surface area contributed by atoms with Crippen LogP contribution in [0.2, 0.25) is 0 Å². The monoisotopic (exact) mass is 250 g/mol.